The van der Waals surface area contributed by atoms with Crippen molar-refractivity contribution in [3.8, 4) is 11.1 Å². The molecule has 4 rings (SSSR count). The molecule has 3 nitrogen and oxygen atoms in total. The van der Waals surface area contributed by atoms with E-state index in [1.807, 2.05) is 31.2 Å². The Morgan fingerprint density at radius 2 is 1.93 bits per heavy atom. The topological polar surface area (TPSA) is 39.2 Å². The highest BCUT2D eigenvalue weighted by molar-refractivity contribution is 5.75. The van der Waals surface area contributed by atoms with E-state index in [1.54, 1.807) is 18.3 Å². The Balaban J connectivity index is 1.56. The summed E-state index contributed by atoms with van der Waals surface area (Å²) in [6, 6.07) is 10.5. The third-order valence-corrected chi connectivity index (χ3v) is 6.65. The average molecular weight is 379 g/mol. The molecule has 2 aromatic rings. The third kappa shape index (κ3) is 3.36. The molecule has 1 saturated heterocycles. The van der Waals surface area contributed by atoms with Gasteiger partial charge in [-0.2, -0.15) is 0 Å². The van der Waals surface area contributed by atoms with Gasteiger partial charge in [0, 0.05) is 23.2 Å². The van der Waals surface area contributed by atoms with Crippen molar-refractivity contribution in [2.75, 3.05) is 0 Å². The molecule has 0 spiro atoms. The van der Waals surface area contributed by atoms with Crippen LogP contribution in [0, 0.1) is 35.4 Å². The van der Waals surface area contributed by atoms with E-state index in [-0.39, 0.29) is 35.6 Å². The number of aromatic nitrogens is 1. The van der Waals surface area contributed by atoms with Crippen LogP contribution >= 0.6 is 0 Å². The number of carbonyl (C=O) groups excluding carboxylic acids is 1. The quantitative estimate of drug-likeness (QED) is 0.673. The number of allylic oxidation sites excluding steroid dienone is 1. The van der Waals surface area contributed by atoms with Crippen LogP contribution in [0.2, 0.25) is 0 Å². The molecule has 0 radical (unpaired) electrons. The maximum atomic E-state index is 14.0. The maximum Gasteiger partial charge on any atom is 0.309 e. The van der Waals surface area contributed by atoms with Gasteiger partial charge in [-0.3, -0.25) is 9.78 Å². The van der Waals surface area contributed by atoms with Crippen LogP contribution in [0.1, 0.15) is 32.9 Å². The summed E-state index contributed by atoms with van der Waals surface area (Å²) in [6.45, 7) is 6.49. The summed E-state index contributed by atoms with van der Waals surface area (Å²) in [5.41, 5.74) is 2.15. The maximum absolute atomic E-state index is 14.0. The lowest BCUT2D eigenvalue weighted by Gasteiger charge is -2.40. The normalized spacial score (nSPS) is 32.4. The number of carbonyl (C=O) groups is 1. The van der Waals surface area contributed by atoms with E-state index >= 15 is 0 Å². The van der Waals surface area contributed by atoms with Gasteiger partial charge in [-0.1, -0.05) is 44.2 Å². The summed E-state index contributed by atoms with van der Waals surface area (Å²) < 4.78 is 19.5. The Hall–Kier alpha value is -2.49. The van der Waals surface area contributed by atoms with Crippen molar-refractivity contribution in [1.29, 1.82) is 0 Å². The van der Waals surface area contributed by atoms with Gasteiger partial charge in [0.15, 0.2) is 0 Å². The van der Waals surface area contributed by atoms with Crippen molar-refractivity contribution in [3.05, 3.63) is 60.2 Å². The first-order valence-electron chi connectivity index (χ1n) is 10.1. The third-order valence-electron chi connectivity index (χ3n) is 6.65. The van der Waals surface area contributed by atoms with Crippen molar-refractivity contribution < 1.29 is 13.9 Å². The highest BCUT2D eigenvalue weighted by Crippen LogP contribution is 2.48. The molecule has 2 fully saturated rings. The van der Waals surface area contributed by atoms with Crippen molar-refractivity contribution >= 4 is 12.0 Å². The Labute approximate surface area is 165 Å². The molecule has 146 valence electrons. The van der Waals surface area contributed by atoms with Crippen LogP contribution in [0.3, 0.4) is 0 Å². The Kier molecular flexibility index (Phi) is 5.05. The zero-order chi connectivity index (χ0) is 19.8. The first kappa shape index (κ1) is 18.9. The van der Waals surface area contributed by atoms with Crippen molar-refractivity contribution in [1.82, 2.24) is 4.98 Å². The summed E-state index contributed by atoms with van der Waals surface area (Å²) >= 11 is 0. The fourth-order valence-corrected chi connectivity index (χ4v) is 4.88. The van der Waals surface area contributed by atoms with Crippen molar-refractivity contribution in [2.24, 2.45) is 29.6 Å². The fourth-order valence-electron chi connectivity index (χ4n) is 4.88. The van der Waals surface area contributed by atoms with E-state index < -0.39 is 0 Å². The number of nitrogens with zero attached hydrogens (tertiary/aromatic N) is 1. The van der Waals surface area contributed by atoms with Gasteiger partial charge >= 0.3 is 5.97 Å². The van der Waals surface area contributed by atoms with Gasteiger partial charge < -0.3 is 4.74 Å². The second-order valence-electron chi connectivity index (χ2n) is 8.29. The van der Waals surface area contributed by atoms with Gasteiger partial charge in [0.05, 0.1) is 11.6 Å². The van der Waals surface area contributed by atoms with Crippen LogP contribution in [0.5, 0.6) is 0 Å². The van der Waals surface area contributed by atoms with Gasteiger partial charge in [0.25, 0.3) is 0 Å². The minimum atomic E-state index is -0.247. The van der Waals surface area contributed by atoms with Crippen molar-refractivity contribution in [2.45, 2.75) is 33.3 Å². The number of ether oxygens (including phenoxy) is 1. The molecule has 2 aliphatic rings. The number of rotatable bonds is 3. The average Bonchev–Trinajstić information content (AvgIpc) is 2.96. The number of halogens is 1. The zero-order valence-corrected chi connectivity index (χ0v) is 16.5. The monoisotopic (exact) mass is 379 g/mol. The summed E-state index contributed by atoms with van der Waals surface area (Å²) in [6.07, 6.45) is 6.80. The SMILES string of the molecule is C[C@H]1[C@H](/C=C/c2ccc(-c3ccccc3F)cn2)[C@@H]2[C@@H](C)OC(=O)[C@@H]2C[C@@H]1C. The molecule has 0 N–H and O–H groups in total. The first-order chi connectivity index (χ1) is 13.5. The van der Waals surface area contributed by atoms with E-state index in [9.17, 15) is 9.18 Å². The van der Waals surface area contributed by atoms with E-state index in [1.165, 1.54) is 6.07 Å². The smallest absolute Gasteiger partial charge is 0.309 e. The molecule has 4 heteroatoms. The summed E-state index contributed by atoms with van der Waals surface area (Å²) in [7, 11) is 0. The summed E-state index contributed by atoms with van der Waals surface area (Å²) in [5.74, 6) is 1.19. The lowest BCUT2D eigenvalue weighted by Crippen LogP contribution is -2.39. The highest BCUT2D eigenvalue weighted by atomic mass is 19.1. The molecule has 1 aliphatic heterocycles. The van der Waals surface area contributed by atoms with Crippen LogP contribution in [-0.4, -0.2) is 17.1 Å². The van der Waals surface area contributed by atoms with Crippen LogP contribution in [0.25, 0.3) is 17.2 Å². The molecule has 0 bridgehead atoms. The lowest BCUT2D eigenvalue weighted by atomic mass is 9.62. The van der Waals surface area contributed by atoms with E-state index in [2.05, 4.69) is 24.9 Å². The molecule has 1 aromatic carbocycles. The molecule has 0 amide bonds. The van der Waals surface area contributed by atoms with Crippen LogP contribution < -0.4 is 0 Å². The van der Waals surface area contributed by atoms with Crippen LogP contribution in [0.15, 0.2) is 48.7 Å². The minimum absolute atomic E-state index is 0.00670. The Morgan fingerprint density at radius 3 is 2.64 bits per heavy atom. The van der Waals surface area contributed by atoms with Crippen LogP contribution in [0.4, 0.5) is 4.39 Å². The molecule has 28 heavy (non-hydrogen) atoms. The lowest BCUT2D eigenvalue weighted by molar-refractivity contribution is -0.144. The standard InChI is InChI=1S/C24H26FNO2/c1-14-12-21-23(16(3)28-24(21)27)19(15(14)2)11-10-18-9-8-17(13-26-18)20-6-4-5-7-22(20)25/h4-11,13-16,19,21,23H,12H2,1-3H3/b11-10+/t14-,15+,16+,19-,21+,23-/m0/s1. The minimum Gasteiger partial charge on any atom is -0.462 e. The van der Waals surface area contributed by atoms with Gasteiger partial charge in [0.1, 0.15) is 11.9 Å². The zero-order valence-electron chi connectivity index (χ0n) is 16.5. The molecule has 6 atom stereocenters. The molecular weight excluding hydrogens is 353 g/mol. The number of hydrogen-bond acceptors (Lipinski definition) is 3. The number of pyridine rings is 1. The van der Waals surface area contributed by atoms with Gasteiger partial charge in [-0.05, 0) is 49.3 Å². The van der Waals surface area contributed by atoms with Crippen molar-refractivity contribution in [3.63, 3.8) is 0 Å². The van der Waals surface area contributed by atoms with Crippen LogP contribution in [-0.2, 0) is 9.53 Å². The Bertz CT molecular complexity index is 892. The summed E-state index contributed by atoms with van der Waals surface area (Å²) in [5, 5.41) is 0. The predicted octanol–water partition coefficient (Wildman–Crippen LogP) is 5.37. The number of cyclic esters (lactones) is 1. The second-order valence-corrected chi connectivity index (χ2v) is 8.29. The number of benzene rings is 1. The highest BCUT2D eigenvalue weighted by Gasteiger charge is 2.51. The van der Waals surface area contributed by atoms with Gasteiger partial charge in [-0.15, -0.1) is 0 Å². The largest absolute Gasteiger partial charge is 0.462 e. The van der Waals surface area contributed by atoms with Gasteiger partial charge in [-0.25, -0.2) is 4.39 Å². The molecular formula is C24H26FNO2. The molecule has 2 heterocycles. The second kappa shape index (κ2) is 7.50. The predicted molar refractivity (Wildman–Crippen MR) is 108 cm³/mol. The summed E-state index contributed by atoms with van der Waals surface area (Å²) in [4.78, 5) is 16.7. The fraction of sp³-hybridized carbons (Fsp3) is 0.417. The molecule has 1 saturated carbocycles. The molecule has 0 unspecified atom stereocenters. The number of fused-ring (bicyclic) bond motifs is 1. The van der Waals surface area contributed by atoms with E-state index in [4.69, 9.17) is 4.74 Å². The van der Waals surface area contributed by atoms with Gasteiger partial charge in [0.2, 0.25) is 0 Å². The number of esters is 1. The Morgan fingerprint density at radius 1 is 1.14 bits per heavy atom. The molecule has 1 aliphatic carbocycles. The van der Waals surface area contributed by atoms with E-state index in [0.717, 1.165) is 17.7 Å². The molecule has 1 aromatic heterocycles. The number of hydrogen-bond donors (Lipinski definition) is 0. The first-order valence-corrected chi connectivity index (χ1v) is 10.1. The van der Waals surface area contributed by atoms with E-state index in [0.29, 0.717) is 17.4 Å².